The normalized spacial score (nSPS) is 10.5. The Labute approximate surface area is 136 Å². The van der Waals surface area contributed by atoms with Crippen molar-refractivity contribution in [1.29, 1.82) is 0 Å². The van der Waals surface area contributed by atoms with Crippen LogP contribution in [0.4, 0.5) is 5.69 Å². The molecule has 1 aromatic heterocycles. The third-order valence-corrected chi connectivity index (χ3v) is 3.73. The SMILES string of the molecule is CCN(Cc1ncc[nH]1)c1ccc(OCc2ccccc2)cc1. The minimum Gasteiger partial charge on any atom is -0.489 e. The predicted molar refractivity (Wildman–Crippen MR) is 92.5 cm³/mol. The van der Waals surface area contributed by atoms with Gasteiger partial charge in [0.05, 0.1) is 6.54 Å². The van der Waals surface area contributed by atoms with Gasteiger partial charge < -0.3 is 14.6 Å². The van der Waals surface area contributed by atoms with Gasteiger partial charge in [0, 0.05) is 24.6 Å². The Morgan fingerprint density at radius 3 is 2.48 bits per heavy atom. The number of hydrogen-bond acceptors (Lipinski definition) is 3. The molecule has 23 heavy (non-hydrogen) atoms. The minimum atomic E-state index is 0.587. The lowest BCUT2D eigenvalue weighted by molar-refractivity contribution is 0.306. The van der Waals surface area contributed by atoms with Crippen molar-refractivity contribution < 1.29 is 4.74 Å². The average Bonchev–Trinajstić information content (AvgIpc) is 3.12. The largest absolute Gasteiger partial charge is 0.489 e. The summed E-state index contributed by atoms with van der Waals surface area (Å²) in [5.41, 5.74) is 2.33. The Morgan fingerprint density at radius 1 is 1.04 bits per heavy atom. The minimum absolute atomic E-state index is 0.587. The van der Waals surface area contributed by atoms with Crippen LogP contribution in [0, 0.1) is 0 Å². The Morgan fingerprint density at radius 2 is 1.83 bits per heavy atom. The van der Waals surface area contributed by atoms with E-state index in [0.29, 0.717) is 6.61 Å². The van der Waals surface area contributed by atoms with Crippen molar-refractivity contribution in [2.75, 3.05) is 11.4 Å². The Hall–Kier alpha value is -2.75. The highest BCUT2D eigenvalue weighted by Gasteiger charge is 2.07. The molecule has 3 rings (SSSR count). The highest BCUT2D eigenvalue weighted by Crippen LogP contribution is 2.21. The van der Waals surface area contributed by atoms with Crippen LogP contribution in [0.25, 0.3) is 0 Å². The molecule has 1 N–H and O–H groups in total. The molecule has 118 valence electrons. The number of aromatic amines is 1. The summed E-state index contributed by atoms with van der Waals surface area (Å²) >= 11 is 0. The number of benzene rings is 2. The number of aromatic nitrogens is 2. The summed E-state index contributed by atoms with van der Waals surface area (Å²) in [6.07, 6.45) is 3.63. The van der Waals surface area contributed by atoms with Gasteiger partial charge in [0.15, 0.2) is 0 Å². The van der Waals surface area contributed by atoms with Crippen LogP contribution in [0.5, 0.6) is 5.75 Å². The van der Waals surface area contributed by atoms with Crippen molar-refractivity contribution in [2.24, 2.45) is 0 Å². The summed E-state index contributed by atoms with van der Waals surface area (Å²) in [5, 5.41) is 0. The molecule has 1 heterocycles. The molecule has 0 radical (unpaired) electrons. The van der Waals surface area contributed by atoms with Crippen molar-refractivity contribution >= 4 is 5.69 Å². The van der Waals surface area contributed by atoms with E-state index < -0.39 is 0 Å². The van der Waals surface area contributed by atoms with E-state index >= 15 is 0 Å². The first kappa shape index (κ1) is 15.2. The molecule has 0 unspecified atom stereocenters. The van der Waals surface area contributed by atoms with Gasteiger partial charge in [-0.25, -0.2) is 4.98 Å². The predicted octanol–water partition coefficient (Wildman–Crippen LogP) is 4.02. The number of rotatable bonds is 7. The number of H-pyrrole nitrogens is 1. The van der Waals surface area contributed by atoms with Gasteiger partial charge in [-0.3, -0.25) is 0 Å². The molecule has 0 atom stereocenters. The molecule has 0 saturated heterocycles. The molecule has 0 aliphatic carbocycles. The van der Waals surface area contributed by atoms with Crippen LogP contribution in [-0.4, -0.2) is 16.5 Å². The zero-order valence-corrected chi connectivity index (χ0v) is 13.3. The standard InChI is InChI=1S/C19H21N3O/c1-2-22(14-19-20-12-13-21-19)17-8-10-18(11-9-17)23-15-16-6-4-3-5-7-16/h3-13H,2,14-15H2,1H3,(H,20,21). The molecule has 4 nitrogen and oxygen atoms in total. The summed E-state index contributed by atoms with van der Waals surface area (Å²) in [5.74, 6) is 1.85. The van der Waals surface area contributed by atoms with E-state index in [9.17, 15) is 0 Å². The van der Waals surface area contributed by atoms with Crippen LogP contribution in [0.15, 0.2) is 67.0 Å². The highest BCUT2D eigenvalue weighted by atomic mass is 16.5. The van der Waals surface area contributed by atoms with E-state index in [0.717, 1.165) is 30.4 Å². The molecule has 0 aliphatic rings. The lowest BCUT2D eigenvalue weighted by Crippen LogP contribution is -2.22. The molecule has 0 saturated carbocycles. The van der Waals surface area contributed by atoms with Crippen molar-refractivity contribution in [2.45, 2.75) is 20.1 Å². The second-order valence-electron chi connectivity index (χ2n) is 5.32. The van der Waals surface area contributed by atoms with E-state index in [2.05, 4.69) is 46.1 Å². The fraction of sp³-hybridized carbons (Fsp3) is 0.211. The van der Waals surface area contributed by atoms with Crippen LogP contribution in [-0.2, 0) is 13.2 Å². The van der Waals surface area contributed by atoms with Gasteiger partial charge >= 0.3 is 0 Å². The maximum Gasteiger partial charge on any atom is 0.125 e. The molecular formula is C19H21N3O. The topological polar surface area (TPSA) is 41.2 Å². The number of imidazole rings is 1. The van der Waals surface area contributed by atoms with Crippen LogP contribution >= 0.6 is 0 Å². The third-order valence-electron chi connectivity index (χ3n) is 3.73. The molecule has 0 aliphatic heterocycles. The molecule has 0 spiro atoms. The number of ether oxygens (including phenoxy) is 1. The zero-order valence-electron chi connectivity index (χ0n) is 13.3. The Bertz CT molecular complexity index is 693. The number of nitrogens with one attached hydrogen (secondary N) is 1. The van der Waals surface area contributed by atoms with Crippen molar-refractivity contribution in [1.82, 2.24) is 9.97 Å². The number of anilines is 1. The maximum atomic E-state index is 5.83. The van der Waals surface area contributed by atoms with Gasteiger partial charge in [-0.15, -0.1) is 0 Å². The Kier molecular flexibility index (Phi) is 4.94. The molecule has 0 amide bonds. The van der Waals surface area contributed by atoms with Crippen molar-refractivity contribution in [3.63, 3.8) is 0 Å². The molecule has 4 heteroatoms. The van der Waals surface area contributed by atoms with Crippen LogP contribution in [0.3, 0.4) is 0 Å². The highest BCUT2D eigenvalue weighted by molar-refractivity contribution is 5.49. The number of nitrogens with zero attached hydrogens (tertiary/aromatic N) is 2. The zero-order chi connectivity index (χ0) is 15.9. The molecule has 0 fully saturated rings. The van der Waals surface area contributed by atoms with Gasteiger partial charge in [0.25, 0.3) is 0 Å². The van der Waals surface area contributed by atoms with Crippen LogP contribution in [0.1, 0.15) is 18.3 Å². The first-order chi connectivity index (χ1) is 11.3. The van der Waals surface area contributed by atoms with E-state index in [1.165, 1.54) is 5.56 Å². The smallest absolute Gasteiger partial charge is 0.125 e. The lowest BCUT2D eigenvalue weighted by atomic mass is 10.2. The maximum absolute atomic E-state index is 5.83. The monoisotopic (exact) mass is 307 g/mol. The average molecular weight is 307 g/mol. The fourth-order valence-corrected chi connectivity index (χ4v) is 2.44. The summed E-state index contributed by atoms with van der Waals surface area (Å²) in [7, 11) is 0. The summed E-state index contributed by atoms with van der Waals surface area (Å²) in [6, 6.07) is 18.4. The first-order valence-corrected chi connectivity index (χ1v) is 7.85. The first-order valence-electron chi connectivity index (χ1n) is 7.85. The second kappa shape index (κ2) is 7.49. The van der Waals surface area contributed by atoms with E-state index in [1.54, 1.807) is 6.20 Å². The third kappa shape index (κ3) is 4.13. The molecule has 2 aromatic carbocycles. The van der Waals surface area contributed by atoms with Gasteiger partial charge in [-0.05, 0) is 36.8 Å². The van der Waals surface area contributed by atoms with Crippen molar-refractivity contribution in [3.8, 4) is 5.75 Å². The summed E-state index contributed by atoms with van der Waals surface area (Å²) in [4.78, 5) is 9.70. The van der Waals surface area contributed by atoms with Crippen molar-refractivity contribution in [3.05, 3.63) is 78.4 Å². The molecular weight excluding hydrogens is 286 g/mol. The van der Waals surface area contributed by atoms with E-state index in [-0.39, 0.29) is 0 Å². The van der Waals surface area contributed by atoms with Gasteiger partial charge in [-0.1, -0.05) is 30.3 Å². The van der Waals surface area contributed by atoms with E-state index in [4.69, 9.17) is 4.74 Å². The number of hydrogen-bond donors (Lipinski definition) is 1. The molecule has 0 bridgehead atoms. The fourth-order valence-electron chi connectivity index (χ4n) is 2.44. The van der Waals surface area contributed by atoms with Gasteiger partial charge in [0.1, 0.15) is 18.2 Å². The van der Waals surface area contributed by atoms with Crippen LogP contribution < -0.4 is 9.64 Å². The Balaban J connectivity index is 1.61. The van der Waals surface area contributed by atoms with Gasteiger partial charge in [0.2, 0.25) is 0 Å². The van der Waals surface area contributed by atoms with E-state index in [1.807, 2.05) is 36.5 Å². The summed E-state index contributed by atoms with van der Waals surface area (Å²) < 4.78 is 5.83. The second-order valence-corrected chi connectivity index (χ2v) is 5.32. The van der Waals surface area contributed by atoms with Crippen LogP contribution in [0.2, 0.25) is 0 Å². The van der Waals surface area contributed by atoms with Gasteiger partial charge in [-0.2, -0.15) is 0 Å². The quantitative estimate of drug-likeness (QED) is 0.717. The lowest BCUT2D eigenvalue weighted by Gasteiger charge is -2.22. The summed E-state index contributed by atoms with van der Waals surface area (Å²) in [6.45, 7) is 4.42. The molecule has 3 aromatic rings.